The first-order valence-electron chi connectivity index (χ1n) is 11.1. The number of aromatic nitrogens is 3. The summed E-state index contributed by atoms with van der Waals surface area (Å²) >= 11 is 2.64. The van der Waals surface area contributed by atoms with Crippen molar-refractivity contribution in [2.75, 3.05) is 12.9 Å². The number of pyridine rings is 1. The van der Waals surface area contributed by atoms with E-state index in [1.165, 1.54) is 23.1 Å². The van der Waals surface area contributed by atoms with Crippen LogP contribution in [0.4, 0.5) is 0 Å². The normalized spacial score (nSPS) is 11.3. The summed E-state index contributed by atoms with van der Waals surface area (Å²) in [5.41, 5.74) is 4.13. The molecule has 8 heteroatoms. The number of carbonyl (C=O) groups excluding carboxylic acids is 1. The van der Waals surface area contributed by atoms with Crippen molar-refractivity contribution in [2.24, 2.45) is 0 Å². The third-order valence-corrected chi connectivity index (χ3v) is 7.91. The van der Waals surface area contributed by atoms with Gasteiger partial charge in [-0.3, -0.25) is 14.2 Å². The first-order chi connectivity index (χ1) is 16.9. The van der Waals surface area contributed by atoms with Gasteiger partial charge in [-0.2, -0.15) is 0 Å². The van der Waals surface area contributed by atoms with Gasteiger partial charge in [0.1, 0.15) is 15.3 Å². The Balaban J connectivity index is 1.57. The molecule has 0 aliphatic carbocycles. The van der Waals surface area contributed by atoms with Crippen LogP contribution in [-0.2, 0) is 6.54 Å². The minimum atomic E-state index is -0.129. The maximum Gasteiger partial charge on any atom is 0.272 e. The zero-order valence-corrected chi connectivity index (χ0v) is 21.2. The summed E-state index contributed by atoms with van der Waals surface area (Å²) in [7, 11) is 1.62. The number of Topliss-reactive ketones (excluding diaryl/α,β-unsaturated/α-hetero) is 1. The summed E-state index contributed by atoms with van der Waals surface area (Å²) in [5, 5.41) is 1.37. The molecule has 0 spiro atoms. The Hall–Kier alpha value is -3.49. The number of fused-ring (bicyclic) bond motifs is 3. The quantitative estimate of drug-likeness (QED) is 0.163. The molecule has 0 radical (unpaired) electrons. The number of thiophene rings is 1. The van der Waals surface area contributed by atoms with E-state index in [9.17, 15) is 9.59 Å². The molecule has 0 saturated carbocycles. The van der Waals surface area contributed by atoms with Gasteiger partial charge >= 0.3 is 0 Å². The minimum Gasteiger partial charge on any atom is -0.497 e. The fourth-order valence-corrected chi connectivity index (χ4v) is 5.85. The monoisotopic (exact) mass is 501 g/mol. The van der Waals surface area contributed by atoms with Crippen LogP contribution in [0, 0.1) is 13.8 Å². The van der Waals surface area contributed by atoms with Crippen LogP contribution in [0.2, 0.25) is 0 Å². The van der Waals surface area contributed by atoms with Crippen molar-refractivity contribution in [3.63, 3.8) is 0 Å². The number of benzene rings is 2. The van der Waals surface area contributed by atoms with E-state index < -0.39 is 0 Å². The maximum absolute atomic E-state index is 13.6. The molecule has 0 unspecified atom stereocenters. The standard InChI is InChI=1S/C27H23N3O3S2/c1-16-6-7-17(2)21(13-16)22(31)15-34-27-29-23-20-5-4-12-28-25(20)35-24(23)26(32)30(27)14-18-8-10-19(33-3)11-9-18/h4-13H,14-15H2,1-3H3. The van der Waals surface area contributed by atoms with E-state index in [1.807, 2.05) is 68.4 Å². The van der Waals surface area contributed by atoms with Gasteiger partial charge in [-0.25, -0.2) is 9.97 Å². The number of hydrogen-bond donors (Lipinski definition) is 0. The van der Waals surface area contributed by atoms with Gasteiger partial charge in [0.2, 0.25) is 0 Å². The molecule has 0 fully saturated rings. The molecule has 3 aromatic heterocycles. The Morgan fingerprint density at radius 2 is 1.91 bits per heavy atom. The number of carbonyl (C=O) groups is 1. The molecule has 2 aromatic carbocycles. The highest BCUT2D eigenvalue weighted by Gasteiger charge is 2.19. The van der Waals surface area contributed by atoms with Crippen LogP contribution >= 0.6 is 23.1 Å². The van der Waals surface area contributed by atoms with Crippen LogP contribution in [0.3, 0.4) is 0 Å². The smallest absolute Gasteiger partial charge is 0.272 e. The van der Waals surface area contributed by atoms with Gasteiger partial charge in [0, 0.05) is 17.1 Å². The summed E-state index contributed by atoms with van der Waals surface area (Å²) in [6.45, 7) is 4.25. The number of ether oxygens (including phenoxy) is 1. The Labute approximate surface area is 210 Å². The molecular formula is C27H23N3O3S2. The third-order valence-electron chi connectivity index (χ3n) is 5.84. The van der Waals surface area contributed by atoms with E-state index in [1.54, 1.807) is 17.9 Å². The summed E-state index contributed by atoms with van der Waals surface area (Å²) in [6, 6.07) is 17.2. The molecule has 0 aliphatic rings. The van der Waals surface area contributed by atoms with Crippen molar-refractivity contribution in [3.05, 3.63) is 93.4 Å². The van der Waals surface area contributed by atoms with Crippen LogP contribution in [0.25, 0.3) is 20.4 Å². The van der Waals surface area contributed by atoms with Gasteiger partial charge in [-0.1, -0.05) is 41.6 Å². The van der Waals surface area contributed by atoms with Gasteiger partial charge in [0.25, 0.3) is 5.56 Å². The number of thioether (sulfide) groups is 1. The molecule has 5 aromatic rings. The lowest BCUT2D eigenvalue weighted by Gasteiger charge is -2.13. The highest BCUT2D eigenvalue weighted by atomic mass is 32.2. The molecule has 176 valence electrons. The van der Waals surface area contributed by atoms with Gasteiger partial charge < -0.3 is 4.74 Å². The predicted molar refractivity (Wildman–Crippen MR) is 142 cm³/mol. The van der Waals surface area contributed by atoms with Crippen molar-refractivity contribution in [3.8, 4) is 5.75 Å². The largest absolute Gasteiger partial charge is 0.497 e. The molecular weight excluding hydrogens is 478 g/mol. The number of hydrogen-bond acceptors (Lipinski definition) is 7. The van der Waals surface area contributed by atoms with Crippen LogP contribution in [0.5, 0.6) is 5.75 Å². The second-order valence-corrected chi connectivity index (χ2v) is 10.2. The van der Waals surface area contributed by atoms with Gasteiger partial charge in [0.15, 0.2) is 10.9 Å². The van der Waals surface area contributed by atoms with E-state index in [4.69, 9.17) is 9.72 Å². The molecule has 35 heavy (non-hydrogen) atoms. The number of rotatable bonds is 7. The lowest BCUT2D eigenvalue weighted by molar-refractivity contribution is 0.102. The zero-order valence-electron chi connectivity index (χ0n) is 19.6. The summed E-state index contributed by atoms with van der Waals surface area (Å²) in [4.78, 5) is 36.8. The fraction of sp³-hybridized carbons (Fsp3) is 0.185. The summed E-state index contributed by atoms with van der Waals surface area (Å²) in [6.07, 6.45) is 1.71. The average Bonchev–Trinajstić information content (AvgIpc) is 3.25. The first kappa shape index (κ1) is 23.3. The van der Waals surface area contributed by atoms with E-state index >= 15 is 0 Å². The lowest BCUT2D eigenvalue weighted by Crippen LogP contribution is -2.23. The Bertz CT molecular complexity index is 1620. The van der Waals surface area contributed by atoms with E-state index in [0.717, 1.165) is 32.7 Å². The van der Waals surface area contributed by atoms with Gasteiger partial charge in [-0.15, -0.1) is 11.3 Å². The number of methoxy groups -OCH3 is 1. The zero-order chi connectivity index (χ0) is 24.5. The molecule has 0 atom stereocenters. The van der Waals surface area contributed by atoms with Crippen molar-refractivity contribution in [1.82, 2.24) is 14.5 Å². The van der Waals surface area contributed by atoms with Crippen LogP contribution in [0.15, 0.2) is 70.7 Å². The van der Waals surface area contributed by atoms with Crippen LogP contribution < -0.4 is 10.3 Å². The maximum atomic E-state index is 13.6. The topological polar surface area (TPSA) is 74.1 Å². The van der Waals surface area contributed by atoms with Crippen LogP contribution in [0.1, 0.15) is 27.0 Å². The summed E-state index contributed by atoms with van der Waals surface area (Å²) in [5.74, 6) is 0.947. The second kappa shape index (κ2) is 9.64. The van der Waals surface area contributed by atoms with E-state index in [-0.39, 0.29) is 17.1 Å². The van der Waals surface area contributed by atoms with Crippen LogP contribution in [-0.4, -0.2) is 33.2 Å². The Morgan fingerprint density at radius 3 is 2.69 bits per heavy atom. The highest BCUT2D eigenvalue weighted by molar-refractivity contribution is 7.99. The van der Waals surface area contributed by atoms with E-state index in [2.05, 4.69) is 4.98 Å². The summed E-state index contributed by atoms with van der Waals surface area (Å²) < 4.78 is 7.48. The molecule has 0 aliphatic heterocycles. The lowest BCUT2D eigenvalue weighted by atomic mass is 10.0. The first-order valence-corrected chi connectivity index (χ1v) is 12.9. The molecule has 0 saturated heterocycles. The SMILES string of the molecule is COc1ccc(Cn2c(SCC(=O)c3cc(C)ccc3C)nc3c(sc4ncccc43)c2=O)cc1. The van der Waals surface area contributed by atoms with E-state index in [0.29, 0.717) is 27.5 Å². The molecule has 0 N–H and O–H groups in total. The van der Waals surface area contributed by atoms with Crippen molar-refractivity contribution < 1.29 is 9.53 Å². The molecule has 3 heterocycles. The van der Waals surface area contributed by atoms with Crippen molar-refractivity contribution in [1.29, 1.82) is 0 Å². The average molecular weight is 502 g/mol. The predicted octanol–water partition coefficient (Wildman–Crippen LogP) is 5.65. The minimum absolute atomic E-state index is 0.0124. The van der Waals surface area contributed by atoms with Crippen molar-refractivity contribution in [2.45, 2.75) is 25.5 Å². The molecule has 0 bridgehead atoms. The van der Waals surface area contributed by atoms with Gasteiger partial charge in [0.05, 0.1) is 24.9 Å². The highest BCUT2D eigenvalue weighted by Crippen LogP contribution is 2.31. The number of aryl methyl sites for hydroxylation is 2. The third kappa shape index (κ3) is 4.59. The Kier molecular flexibility index (Phi) is 6.40. The molecule has 5 rings (SSSR count). The fourth-order valence-electron chi connectivity index (χ4n) is 3.95. The Morgan fingerprint density at radius 1 is 1.11 bits per heavy atom. The number of ketones is 1. The molecule has 6 nitrogen and oxygen atoms in total. The number of nitrogens with zero attached hydrogens (tertiary/aromatic N) is 3. The van der Waals surface area contributed by atoms with Gasteiger partial charge in [-0.05, 0) is 55.3 Å². The second-order valence-electron chi connectivity index (χ2n) is 8.30. The van der Waals surface area contributed by atoms with Crippen molar-refractivity contribution >= 4 is 49.3 Å². The molecule has 0 amide bonds.